The number of hydrogen-bond donors (Lipinski definition) is 2. The molecule has 0 radical (unpaired) electrons. The fraction of sp³-hybridized carbons (Fsp3) is 0.500. The Balaban J connectivity index is 1.78. The molecule has 1 fully saturated rings. The molecule has 2 N–H and O–H groups in total. The summed E-state index contributed by atoms with van der Waals surface area (Å²) in [6, 6.07) is 6.02. The van der Waals surface area contributed by atoms with Crippen LogP contribution in [0.1, 0.15) is 42.0 Å². The molecule has 1 aromatic heterocycles. The van der Waals surface area contributed by atoms with Crippen molar-refractivity contribution >= 4 is 29.1 Å². The van der Waals surface area contributed by atoms with Gasteiger partial charge >= 0.3 is 0 Å². The van der Waals surface area contributed by atoms with E-state index in [2.05, 4.69) is 54.5 Å². The largest absolute Gasteiger partial charge is 0.354 e. The first-order chi connectivity index (χ1) is 12.4. The third kappa shape index (κ3) is 5.08. The number of nitrogens with zero attached hydrogens (tertiary/aromatic N) is 3. The van der Waals surface area contributed by atoms with Gasteiger partial charge in [-0.2, -0.15) is 4.98 Å². The molecule has 0 saturated heterocycles. The van der Waals surface area contributed by atoms with Gasteiger partial charge in [-0.3, -0.25) is 0 Å². The van der Waals surface area contributed by atoms with Crippen molar-refractivity contribution in [3.8, 4) is 0 Å². The van der Waals surface area contributed by atoms with Gasteiger partial charge in [-0.15, -0.1) is 0 Å². The summed E-state index contributed by atoms with van der Waals surface area (Å²) < 4.78 is 0. The molecule has 0 spiro atoms. The van der Waals surface area contributed by atoms with E-state index >= 15 is 0 Å². The molecule has 1 aliphatic rings. The SMILES string of the molecule is Cc1cc(Cl)cc(C)c1Nc1cc(C2CC2)nc(NCCCN(C)C)n1. The normalized spacial score (nSPS) is 13.9. The third-order valence-electron chi connectivity index (χ3n) is 4.56. The Morgan fingerprint density at radius 2 is 1.81 bits per heavy atom. The van der Waals surface area contributed by atoms with Crippen LogP contribution in [0.5, 0.6) is 0 Å². The summed E-state index contributed by atoms with van der Waals surface area (Å²) in [5.41, 5.74) is 4.42. The Hall–Kier alpha value is -1.85. The van der Waals surface area contributed by atoms with Crippen molar-refractivity contribution in [3.05, 3.63) is 40.0 Å². The highest BCUT2D eigenvalue weighted by molar-refractivity contribution is 6.30. The molecule has 1 aromatic carbocycles. The number of benzene rings is 1. The van der Waals surface area contributed by atoms with E-state index < -0.39 is 0 Å². The van der Waals surface area contributed by atoms with Gasteiger partial charge in [0.25, 0.3) is 0 Å². The van der Waals surface area contributed by atoms with Crippen LogP contribution in [0.15, 0.2) is 18.2 Å². The maximum atomic E-state index is 6.15. The molecule has 26 heavy (non-hydrogen) atoms. The Bertz CT molecular complexity index is 748. The first-order valence-electron chi connectivity index (χ1n) is 9.23. The Morgan fingerprint density at radius 3 is 2.42 bits per heavy atom. The number of anilines is 3. The lowest BCUT2D eigenvalue weighted by Crippen LogP contribution is -2.17. The third-order valence-corrected chi connectivity index (χ3v) is 4.78. The predicted octanol–water partition coefficient (Wildman–Crippen LogP) is 4.73. The van der Waals surface area contributed by atoms with Crippen LogP contribution in [0.2, 0.25) is 5.02 Å². The number of aromatic nitrogens is 2. The van der Waals surface area contributed by atoms with Crippen molar-refractivity contribution < 1.29 is 0 Å². The summed E-state index contributed by atoms with van der Waals surface area (Å²) in [4.78, 5) is 11.6. The van der Waals surface area contributed by atoms with Gasteiger partial charge < -0.3 is 15.5 Å². The van der Waals surface area contributed by atoms with E-state index in [0.29, 0.717) is 11.9 Å². The van der Waals surface area contributed by atoms with Crippen LogP contribution in [-0.4, -0.2) is 42.1 Å². The molecule has 1 saturated carbocycles. The van der Waals surface area contributed by atoms with Crippen molar-refractivity contribution in [1.29, 1.82) is 0 Å². The summed E-state index contributed by atoms with van der Waals surface area (Å²) in [6.07, 6.45) is 3.49. The highest BCUT2D eigenvalue weighted by Gasteiger charge is 2.26. The minimum atomic E-state index is 0.577. The van der Waals surface area contributed by atoms with Crippen molar-refractivity contribution in [3.63, 3.8) is 0 Å². The Kier molecular flexibility index (Phi) is 5.99. The van der Waals surface area contributed by atoms with Crippen LogP contribution in [0.4, 0.5) is 17.5 Å². The van der Waals surface area contributed by atoms with Crippen molar-refractivity contribution in [1.82, 2.24) is 14.9 Å². The number of halogens is 1. The van der Waals surface area contributed by atoms with E-state index in [1.807, 2.05) is 12.1 Å². The summed E-state index contributed by atoms with van der Waals surface area (Å²) >= 11 is 6.15. The lowest BCUT2D eigenvalue weighted by Gasteiger charge is -2.15. The molecule has 5 nitrogen and oxygen atoms in total. The second-order valence-electron chi connectivity index (χ2n) is 7.40. The summed E-state index contributed by atoms with van der Waals surface area (Å²) in [5.74, 6) is 2.12. The summed E-state index contributed by atoms with van der Waals surface area (Å²) in [7, 11) is 4.17. The average Bonchev–Trinajstić information content (AvgIpc) is 3.39. The Morgan fingerprint density at radius 1 is 1.12 bits per heavy atom. The molecule has 140 valence electrons. The van der Waals surface area contributed by atoms with Crippen LogP contribution in [0.3, 0.4) is 0 Å². The van der Waals surface area contributed by atoms with E-state index in [1.54, 1.807) is 0 Å². The molecular weight excluding hydrogens is 346 g/mol. The van der Waals surface area contributed by atoms with Gasteiger partial charge in [-0.25, -0.2) is 4.98 Å². The molecule has 0 aliphatic heterocycles. The molecule has 0 amide bonds. The second-order valence-corrected chi connectivity index (χ2v) is 7.84. The van der Waals surface area contributed by atoms with Gasteiger partial charge in [0, 0.05) is 29.2 Å². The lowest BCUT2D eigenvalue weighted by atomic mass is 10.1. The second kappa shape index (κ2) is 8.23. The van der Waals surface area contributed by atoms with Crippen LogP contribution in [-0.2, 0) is 0 Å². The summed E-state index contributed by atoms with van der Waals surface area (Å²) in [6.45, 7) is 6.03. The van der Waals surface area contributed by atoms with Crippen LogP contribution < -0.4 is 10.6 Å². The topological polar surface area (TPSA) is 53.1 Å². The number of hydrogen-bond acceptors (Lipinski definition) is 5. The molecule has 0 unspecified atom stereocenters. The van der Waals surface area contributed by atoms with E-state index in [-0.39, 0.29) is 0 Å². The van der Waals surface area contributed by atoms with Crippen molar-refractivity contribution in [2.75, 3.05) is 37.8 Å². The number of rotatable bonds is 8. The van der Waals surface area contributed by atoms with Crippen LogP contribution in [0, 0.1) is 13.8 Å². The molecule has 1 heterocycles. The van der Waals surface area contributed by atoms with Gasteiger partial charge in [-0.1, -0.05) is 11.6 Å². The number of nitrogens with one attached hydrogen (secondary N) is 2. The van der Waals surface area contributed by atoms with Crippen LogP contribution in [0.25, 0.3) is 0 Å². The fourth-order valence-electron chi connectivity index (χ4n) is 3.03. The zero-order chi connectivity index (χ0) is 18.7. The van der Waals surface area contributed by atoms with Gasteiger partial charge in [0.2, 0.25) is 5.95 Å². The van der Waals surface area contributed by atoms with Gasteiger partial charge in [0.05, 0.1) is 5.69 Å². The maximum absolute atomic E-state index is 6.15. The highest BCUT2D eigenvalue weighted by Crippen LogP contribution is 2.40. The first-order valence-corrected chi connectivity index (χ1v) is 9.61. The molecule has 0 bridgehead atoms. The molecular formula is C20H28ClN5. The van der Waals surface area contributed by atoms with Crippen molar-refractivity contribution in [2.24, 2.45) is 0 Å². The maximum Gasteiger partial charge on any atom is 0.224 e. The van der Waals surface area contributed by atoms with Gasteiger partial charge in [0.15, 0.2) is 0 Å². The zero-order valence-corrected chi connectivity index (χ0v) is 16.8. The predicted molar refractivity (Wildman–Crippen MR) is 110 cm³/mol. The average molecular weight is 374 g/mol. The first kappa shape index (κ1) is 18.9. The standard InChI is InChI=1S/C20H28ClN5/c1-13-10-16(21)11-14(2)19(13)24-18-12-17(15-6-7-15)23-20(25-18)22-8-5-9-26(3)4/h10-12,15H,5-9H2,1-4H3,(H2,22,23,24,25). The van der Waals surface area contributed by atoms with Crippen LogP contribution >= 0.6 is 11.6 Å². The highest BCUT2D eigenvalue weighted by atomic mass is 35.5. The van der Waals surface area contributed by atoms with E-state index in [0.717, 1.165) is 52.9 Å². The minimum Gasteiger partial charge on any atom is -0.354 e. The lowest BCUT2D eigenvalue weighted by molar-refractivity contribution is 0.405. The van der Waals surface area contributed by atoms with Crippen molar-refractivity contribution in [2.45, 2.75) is 39.0 Å². The van der Waals surface area contributed by atoms with E-state index in [1.165, 1.54) is 12.8 Å². The zero-order valence-electron chi connectivity index (χ0n) is 16.1. The molecule has 0 atom stereocenters. The van der Waals surface area contributed by atoms with E-state index in [9.17, 15) is 0 Å². The number of aryl methyl sites for hydroxylation is 2. The summed E-state index contributed by atoms with van der Waals surface area (Å²) in [5, 5.41) is 7.62. The van der Waals surface area contributed by atoms with Gasteiger partial charge in [-0.05, 0) is 77.0 Å². The quantitative estimate of drug-likeness (QED) is 0.655. The smallest absolute Gasteiger partial charge is 0.224 e. The Labute approximate surface area is 161 Å². The molecule has 6 heteroatoms. The fourth-order valence-corrected chi connectivity index (χ4v) is 3.36. The molecule has 1 aliphatic carbocycles. The molecule has 3 rings (SSSR count). The molecule has 2 aromatic rings. The van der Waals surface area contributed by atoms with E-state index in [4.69, 9.17) is 16.6 Å². The minimum absolute atomic E-state index is 0.577. The van der Waals surface area contributed by atoms with Gasteiger partial charge in [0.1, 0.15) is 5.82 Å². The monoisotopic (exact) mass is 373 g/mol.